The first-order valence-corrected chi connectivity index (χ1v) is 4.51. The fraction of sp³-hybridized carbons (Fsp3) is 0.556. The van der Waals surface area contributed by atoms with E-state index in [1.807, 2.05) is 6.92 Å². The number of primary amides is 1. The first kappa shape index (κ1) is 8.29. The van der Waals surface area contributed by atoms with Crippen molar-refractivity contribution in [2.24, 2.45) is 11.7 Å². The molecule has 4 heteroatoms. The molecule has 1 fully saturated rings. The van der Waals surface area contributed by atoms with Crippen LogP contribution in [0.3, 0.4) is 0 Å². The van der Waals surface area contributed by atoms with Gasteiger partial charge >= 0.3 is 0 Å². The van der Waals surface area contributed by atoms with Crippen molar-refractivity contribution < 1.29 is 4.79 Å². The van der Waals surface area contributed by atoms with Gasteiger partial charge in [-0.25, -0.2) is 0 Å². The van der Waals surface area contributed by atoms with E-state index in [0.717, 1.165) is 12.2 Å². The van der Waals surface area contributed by atoms with Crippen molar-refractivity contribution >= 4 is 5.91 Å². The zero-order chi connectivity index (χ0) is 9.42. The minimum atomic E-state index is -0.388. The summed E-state index contributed by atoms with van der Waals surface area (Å²) in [5.74, 6) is 0.318. The Kier molecular flexibility index (Phi) is 1.83. The minimum Gasteiger partial charge on any atom is -0.364 e. The molecule has 0 spiro atoms. The maximum atomic E-state index is 11.0. The van der Waals surface area contributed by atoms with Crippen molar-refractivity contribution in [2.45, 2.75) is 26.3 Å². The van der Waals surface area contributed by atoms with Crippen LogP contribution >= 0.6 is 0 Å². The number of hydrogen-bond donors (Lipinski definition) is 1. The fourth-order valence-corrected chi connectivity index (χ4v) is 1.43. The molecule has 1 amide bonds. The molecule has 2 rings (SSSR count). The molecular formula is C9H13N3O. The highest BCUT2D eigenvalue weighted by atomic mass is 16.1. The Labute approximate surface area is 76.7 Å². The molecule has 1 aliphatic carbocycles. The van der Waals surface area contributed by atoms with Gasteiger partial charge in [-0.1, -0.05) is 0 Å². The number of aromatic nitrogens is 2. The molecule has 0 saturated heterocycles. The van der Waals surface area contributed by atoms with Gasteiger partial charge in [-0.3, -0.25) is 9.48 Å². The van der Waals surface area contributed by atoms with Gasteiger partial charge in [-0.2, -0.15) is 5.10 Å². The monoisotopic (exact) mass is 179 g/mol. The minimum absolute atomic E-state index is 0.388. The van der Waals surface area contributed by atoms with E-state index in [1.54, 1.807) is 10.7 Å². The predicted molar refractivity (Wildman–Crippen MR) is 48.2 cm³/mol. The highest BCUT2D eigenvalue weighted by Gasteiger charge is 2.24. The van der Waals surface area contributed by atoms with E-state index in [1.165, 1.54) is 12.8 Å². The molecule has 1 aliphatic rings. The Morgan fingerprint density at radius 2 is 2.46 bits per heavy atom. The average molecular weight is 179 g/mol. The van der Waals surface area contributed by atoms with Gasteiger partial charge in [0.2, 0.25) is 0 Å². The van der Waals surface area contributed by atoms with Gasteiger partial charge in [-0.05, 0) is 31.7 Å². The van der Waals surface area contributed by atoms with Gasteiger partial charge in [0, 0.05) is 6.54 Å². The lowest BCUT2D eigenvalue weighted by molar-refractivity contribution is 0.0989. The number of carbonyl (C=O) groups is 1. The number of hydrogen-bond acceptors (Lipinski definition) is 2. The molecule has 0 aromatic carbocycles. The van der Waals surface area contributed by atoms with Crippen molar-refractivity contribution in [1.82, 2.24) is 9.78 Å². The molecule has 1 aromatic heterocycles. The fourth-order valence-electron chi connectivity index (χ4n) is 1.43. The van der Waals surface area contributed by atoms with Crippen LogP contribution in [0.25, 0.3) is 0 Å². The number of amides is 1. The Morgan fingerprint density at radius 1 is 1.77 bits per heavy atom. The normalized spacial score (nSPS) is 16.1. The van der Waals surface area contributed by atoms with Crippen LogP contribution in [-0.2, 0) is 6.54 Å². The Morgan fingerprint density at radius 3 is 3.00 bits per heavy atom. The van der Waals surface area contributed by atoms with Gasteiger partial charge in [0.15, 0.2) is 0 Å². The van der Waals surface area contributed by atoms with E-state index < -0.39 is 0 Å². The van der Waals surface area contributed by atoms with Crippen LogP contribution in [0.1, 0.15) is 29.0 Å². The Balaban J connectivity index is 2.24. The highest BCUT2D eigenvalue weighted by Crippen LogP contribution is 2.30. The van der Waals surface area contributed by atoms with Crippen LogP contribution in [0.2, 0.25) is 0 Å². The van der Waals surface area contributed by atoms with Crippen molar-refractivity contribution in [3.05, 3.63) is 17.5 Å². The van der Waals surface area contributed by atoms with Crippen LogP contribution in [0, 0.1) is 12.8 Å². The molecule has 0 aliphatic heterocycles. The zero-order valence-electron chi connectivity index (χ0n) is 7.66. The number of carbonyl (C=O) groups excluding carboxylic acids is 1. The number of nitrogens with zero attached hydrogens (tertiary/aromatic N) is 2. The molecule has 1 aromatic rings. The van der Waals surface area contributed by atoms with E-state index in [2.05, 4.69) is 5.10 Å². The lowest BCUT2D eigenvalue weighted by Crippen LogP contribution is -2.18. The lowest BCUT2D eigenvalue weighted by atomic mass is 10.3. The molecule has 13 heavy (non-hydrogen) atoms. The van der Waals surface area contributed by atoms with Gasteiger partial charge in [-0.15, -0.1) is 0 Å². The molecule has 0 unspecified atom stereocenters. The molecule has 0 radical (unpaired) electrons. The summed E-state index contributed by atoms with van der Waals surface area (Å²) in [5.41, 5.74) is 6.61. The van der Waals surface area contributed by atoms with Crippen LogP contribution < -0.4 is 5.73 Å². The topological polar surface area (TPSA) is 60.9 Å². The zero-order valence-corrected chi connectivity index (χ0v) is 7.66. The van der Waals surface area contributed by atoms with Crippen molar-refractivity contribution in [3.8, 4) is 0 Å². The summed E-state index contributed by atoms with van der Waals surface area (Å²) in [5, 5.41) is 4.23. The van der Waals surface area contributed by atoms with Crippen molar-refractivity contribution in [2.75, 3.05) is 0 Å². The predicted octanol–water partition coefficient (Wildman–Crippen LogP) is 0.700. The van der Waals surface area contributed by atoms with Crippen molar-refractivity contribution in [3.63, 3.8) is 0 Å². The molecule has 0 atom stereocenters. The molecule has 2 N–H and O–H groups in total. The molecule has 1 heterocycles. The third-order valence-corrected chi connectivity index (χ3v) is 2.28. The maximum Gasteiger partial charge on any atom is 0.266 e. The van der Waals surface area contributed by atoms with Gasteiger partial charge in [0.25, 0.3) is 5.91 Å². The number of aryl methyl sites for hydroxylation is 1. The Bertz CT molecular complexity index is 339. The highest BCUT2D eigenvalue weighted by molar-refractivity contribution is 5.91. The van der Waals surface area contributed by atoms with E-state index in [4.69, 9.17) is 5.73 Å². The van der Waals surface area contributed by atoms with E-state index in [-0.39, 0.29) is 5.91 Å². The summed E-state index contributed by atoms with van der Waals surface area (Å²) in [6.07, 6.45) is 2.49. The van der Waals surface area contributed by atoms with E-state index in [0.29, 0.717) is 11.6 Å². The largest absolute Gasteiger partial charge is 0.364 e. The standard InChI is InChI=1S/C9H13N3O/c1-6-4-8(9(10)13)12(11-6)5-7-2-3-7/h4,7H,2-3,5H2,1H3,(H2,10,13). The summed E-state index contributed by atoms with van der Waals surface area (Å²) in [6, 6.07) is 1.74. The summed E-state index contributed by atoms with van der Waals surface area (Å²) in [7, 11) is 0. The van der Waals surface area contributed by atoms with Gasteiger partial charge in [0.1, 0.15) is 5.69 Å². The van der Waals surface area contributed by atoms with Crippen LogP contribution in [-0.4, -0.2) is 15.7 Å². The summed E-state index contributed by atoms with van der Waals surface area (Å²) in [6.45, 7) is 2.71. The summed E-state index contributed by atoms with van der Waals surface area (Å²) >= 11 is 0. The third-order valence-electron chi connectivity index (χ3n) is 2.28. The Hall–Kier alpha value is -1.32. The van der Waals surface area contributed by atoms with Crippen LogP contribution in [0.4, 0.5) is 0 Å². The smallest absolute Gasteiger partial charge is 0.266 e. The lowest BCUT2D eigenvalue weighted by Gasteiger charge is -2.02. The quantitative estimate of drug-likeness (QED) is 0.742. The first-order chi connectivity index (χ1) is 6.16. The second kappa shape index (κ2) is 2.87. The molecule has 70 valence electrons. The van der Waals surface area contributed by atoms with Gasteiger partial charge in [0.05, 0.1) is 5.69 Å². The third kappa shape index (κ3) is 1.71. The molecule has 1 saturated carbocycles. The molecule has 0 bridgehead atoms. The van der Waals surface area contributed by atoms with E-state index in [9.17, 15) is 4.79 Å². The van der Waals surface area contributed by atoms with Crippen LogP contribution in [0.15, 0.2) is 6.07 Å². The second-order valence-electron chi connectivity index (χ2n) is 3.66. The second-order valence-corrected chi connectivity index (χ2v) is 3.66. The van der Waals surface area contributed by atoms with Crippen LogP contribution in [0.5, 0.6) is 0 Å². The number of rotatable bonds is 3. The van der Waals surface area contributed by atoms with Crippen molar-refractivity contribution in [1.29, 1.82) is 0 Å². The van der Waals surface area contributed by atoms with Gasteiger partial charge < -0.3 is 5.73 Å². The maximum absolute atomic E-state index is 11.0. The molecule has 4 nitrogen and oxygen atoms in total. The average Bonchev–Trinajstić information content (AvgIpc) is 2.75. The summed E-state index contributed by atoms with van der Waals surface area (Å²) in [4.78, 5) is 11.0. The number of nitrogens with two attached hydrogens (primary N) is 1. The molecular weight excluding hydrogens is 166 g/mol. The first-order valence-electron chi connectivity index (χ1n) is 4.51. The summed E-state index contributed by atoms with van der Waals surface area (Å²) < 4.78 is 1.73. The van der Waals surface area contributed by atoms with E-state index >= 15 is 0 Å². The SMILES string of the molecule is Cc1cc(C(N)=O)n(CC2CC2)n1.